The molecule has 184 valence electrons. The Balaban J connectivity index is 1.58. The summed E-state index contributed by atoms with van der Waals surface area (Å²) in [7, 11) is 3.90. The summed E-state index contributed by atoms with van der Waals surface area (Å²) in [5.74, 6) is -0.218. The number of nitrogens with zero attached hydrogens (tertiary/aromatic N) is 3. The van der Waals surface area contributed by atoms with Crippen molar-refractivity contribution >= 4 is 29.2 Å². The minimum Gasteiger partial charge on any atom is -0.491 e. The van der Waals surface area contributed by atoms with Crippen molar-refractivity contribution in [3.8, 4) is 5.75 Å². The van der Waals surface area contributed by atoms with Crippen molar-refractivity contribution in [2.75, 3.05) is 32.6 Å². The molecular formula is C27H28N6O3. The van der Waals surface area contributed by atoms with Gasteiger partial charge in [-0.15, -0.1) is 0 Å². The quantitative estimate of drug-likeness (QED) is 0.351. The van der Waals surface area contributed by atoms with Gasteiger partial charge in [-0.3, -0.25) is 10.2 Å². The summed E-state index contributed by atoms with van der Waals surface area (Å²) in [6.45, 7) is 1.16. The van der Waals surface area contributed by atoms with Crippen LogP contribution in [-0.2, 0) is 9.53 Å². The van der Waals surface area contributed by atoms with Crippen LogP contribution in [0.15, 0.2) is 88.8 Å². The van der Waals surface area contributed by atoms with E-state index in [4.69, 9.17) is 20.6 Å². The van der Waals surface area contributed by atoms with Crippen molar-refractivity contribution in [1.82, 2.24) is 4.90 Å². The zero-order valence-electron chi connectivity index (χ0n) is 20.1. The number of benzodiazepines with no additional fused rings is 1. The van der Waals surface area contributed by atoms with Crippen molar-refractivity contribution in [2.24, 2.45) is 15.7 Å². The Kier molecular flexibility index (Phi) is 7.72. The van der Waals surface area contributed by atoms with E-state index in [0.29, 0.717) is 35.9 Å². The number of para-hydroxylation sites is 2. The fourth-order valence-electron chi connectivity index (χ4n) is 3.58. The number of hydrogen-bond acceptors (Lipinski definition) is 7. The molecule has 0 saturated carbocycles. The number of nitrogens with two attached hydrogens (primary N) is 1. The van der Waals surface area contributed by atoms with Crippen molar-refractivity contribution in [3.63, 3.8) is 0 Å². The van der Waals surface area contributed by atoms with Gasteiger partial charge in [0, 0.05) is 17.7 Å². The predicted octanol–water partition coefficient (Wildman–Crippen LogP) is 3.10. The molecule has 0 bridgehead atoms. The van der Waals surface area contributed by atoms with E-state index in [0.717, 1.165) is 11.1 Å². The van der Waals surface area contributed by atoms with Crippen LogP contribution < -0.4 is 15.8 Å². The van der Waals surface area contributed by atoms with Crippen LogP contribution in [0.2, 0.25) is 0 Å². The zero-order chi connectivity index (χ0) is 25.5. The third kappa shape index (κ3) is 5.94. The lowest BCUT2D eigenvalue weighted by atomic mass is 10.0. The number of anilines is 1. The highest BCUT2D eigenvalue weighted by molar-refractivity contribution is 6.19. The summed E-state index contributed by atoms with van der Waals surface area (Å²) >= 11 is 0. The lowest BCUT2D eigenvalue weighted by molar-refractivity contribution is -0.117. The molecular weight excluding hydrogens is 456 g/mol. The Hall–Kier alpha value is -4.50. The number of carbonyl (C=O) groups is 1. The first-order valence-electron chi connectivity index (χ1n) is 11.4. The van der Waals surface area contributed by atoms with Gasteiger partial charge in [-0.25, -0.2) is 4.99 Å². The fourth-order valence-corrected chi connectivity index (χ4v) is 3.58. The van der Waals surface area contributed by atoms with Gasteiger partial charge in [-0.2, -0.15) is 4.99 Å². The number of nitrogens with one attached hydrogen (secondary N) is 2. The normalized spacial score (nSPS) is 15.4. The Morgan fingerprint density at radius 2 is 1.75 bits per heavy atom. The van der Waals surface area contributed by atoms with E-state index in [1.54, 1.807) is 24.3 Å². The molecule has 0 spiro atoms. The van der Waals surface area contributed by atoms with Gasteiger partial charge >= 0.3 is 0 Å². The van der Waals surface area contributed by atoms with Crippen LogP contribution in [0.25, 0.3) is 0 Å². The Morgan fingerprint density at radius 1 is 1.06 bits per heavy atom. The Labute approximate surface area is 209 Å². The Morgan fingerprint density at radius 3 is 2.53 bits per heavy atom. The highest BCUT2D eigenvalue weighted by atomic mass is 16.5. The molecule has 3 aromatic carbocycles. The predicted molar refractivity (Wildman–Crippen MR) is 141 cm³/mol. The van der Waals surface area contributed by atoms with E-state index in [1.807, 2.05) is 73.6 Å². The number of benzene rings is 3. The van der Waals surface area contributed by atoms with E-state index in [-0.39, 0.29) is 11.9 Å². The second-order valence-electron chi connectivity index (χ2n) is 8.30. The molecule has 9 heteroatoms. The third-order valence-electron chi connectivity index (χ3n) is 5.36. The average Bonchev–Trinajstić information content (AvgIpc) is 3.00. The molecule has 1 aliphatic rings. The molecule has 36 heavy (non-hydrogen) atoms. The molecule has 1 aliphatic heterocycles. The molecule has 1 unspecified atom stereocenters. The number of fused-ring (bicyclic) bond motifs is 1. The summed E-state index contributed by atoms with van der Waals surface area (Å²) in [4.78, 5) is 23.8. The standard InChI is InChI=1S/C27H28N6O3/c1-33(2)16-17-35-22-15-9-7-13-20(22)24(28)36-27(29)32-25-26(34)30-21-14-8-6-12-19(21)23(31-25)18-10-4-3-5-11-18/h3-15,25,28H,16-17H2,1-2H3,(H2,29,32)(H,30,34). The smallest absolute Gasteiger partial charge is 0.291 e. The van der Waals surface area contributed by atoms with Crippen LogP contribution in [0.4, 0.5) is 5.69 Å². The van der Waals surface area contributed by atoms with Gasteiger partial charge in [0.25, 0.3) is 11.9 Å². The number of amides is 1. The average molecular weight is 485 g/mol. The minimum atomic E-state index is -1.20. The first-order chi connectivity index (χ1) is 17.4. The van der Waals surface area contributed by atoms with Crippen LogP contribution >= 0.6 is 0 Å². The third-order valence-corrected chi connectivity index (χ3v) is 5.36. The first-order valence-corrected chi connectivity index (χ1v) is 11.4. The van der Waals surface area contributed by atoms with E-state index < -0.39 is 12.1 Å². The minimum absolute atomic E-state index is 0.249. The summed E-state index contributed by atoms with van der Waals surface area (Å²) in [6.07, 6.45) is -1.20. The van der Waals surface area contributed by atoms with Gasteiger partial charge in [0.05, 0.1) is 17.0 Å². The number of rotatable bonds is 7. The summed E-state index contributed by atoms with van der Waals surface area (Å²) in [6, 6.07) is 23.6. The fraction of sp³-hybridized carbons (Fsp3) is 0.185. The number of ether oxygens (including phenoxy) is 2. The van der Waals surface area contributed by atoms with E-state index >= 15 is 0 Å². The molecule has 4 rings (SSSR count). The van der Waals surface area contributed by atoms with Gasteiger partial charge < -0.3 is 25.4 Å². The van der Waals surface area contributed by atoms with Crippen LogP contribution in [0.3, 0.4) is 0 Å². The second-order valence-corrected chi connectivity index (χ2v) is 8.30. The van der Waals surface area contributed by atoms with Gasteiger partial charge in [0.2, 0.25) is 12.1 Å². The zero-order valence-corrected chi connectivity index (χ0v) is 20.1. The molecule has 9 nitrogen and oxygen atoms in total. The molecule has 0 aromatic heterocycles. The summed E-state index contributed by atoms with van der Waals surface area (Å²) < 4.78 is 11.3. The summed E-state index contributed by atoms with van der Waals surface area (Å²) in [5, 5.41) is 11.3. The Bertz CT molecular complexity index is 1300. The highest BCUT2D eigenvalue weighted by Crippen LogP contribution is 2.24. The maximum absolute atomic E-state index is 13.0. The van der Waals surface area contributed by atoms with Gasteiger partial charge in [-0.05, 0) is 32.3 Å². The molecule has 1 heterocycles. The molecule has 0 aliphatic carbocycles. The lowest BCUT2D eigenvalue weighted by Crippen LogP contribution is -2.29. The van der Waals surface area contributed by atoms with Gasteiger partial charge in [0.15, 0.2) is 0 Å². The molecule has 1 atom stereocenters. The molecule has 1 amide bonds. The molecule has 0 fully saturated rings. The van der Waals surface area contributed by atoms with Crippen molar-refractivity contribution in [1.29, 1.82) is 5.41 Å². The largest absolute Gasteiger partial charge is 0.491 e. The van der Waals surface area contributed by atoms with Crippen LogP contribution in [0, 0.1) is 5.41 Å². The van der Waals surface area contributed by atoms with E-state index in [1.165, 1.54) is 0 Å². The monoisotopic (exact) mass is 484 g/mol. The number of amidine groups is 1. The maximum Gasteiger partial charge on any atom is 0.291 e. The second kappa shape index (κ2) is 11.3. The number of hydrogen-bond donors (Lipinski definition) is 3. The van der Waals surface area contributed by atoms with E-state index in [2.05, 4.69) is 15.3 Å². The lowest BCUT2D eigenvalue weighted by Gasteiger charge is -2.15. The van der Waals surface area contributed by atoms with Crippen molar-refractivity contribution < 1.29 is 14.3 Å². The molecule has 0 saturated heterocycles. The molecule has 3 aromatic rings. The highest BCUT2D eigenvalue weighted by Gasteiger charge is 2.26. The van der Waals surface area contributed by atoms with Gasteiger partial charge in [-0.1, -0.05) is 60.7 Å². The number of carbonyl (C=O) groups excluding carboxylic acids is 1. The number of likely N-dealkylation sites (N-methyl/N-ethyl adjacent to an activating group) is 1. The molecule has 4 N–H and O–H groups in total. The first kappa shape index (κ1) is 24.6. The van der Waals surface area contributed by atoms with E-state index in [9.17, 15) is 4.79 Å². The van der Waals surface area contributed by atoms with Crippen molar-refractivity contribution in [3.05, 3.63) is 95.6 Å². The van der Waals surface area contributed by atoms with Crippen molar-refractivity contribution in [2.45, 2.75) is 6.17 Å². The van der Waals surface area contributed by atoms with Crippen LogP contribution in [0.1, 0.15) is 16.7 Å². The molecule has 0 radical (unpaired) electrons. The number of aliphatic imine (C=N–C) groups is 2. The topological polar surface area (TPSA) is 125 Å². The van der Waals surface area contributed by atoms with Crippen LogP contribution in [-0.4, -0.2) is 61.9 Å². The maximum atomic E-state index is 13.0. The SMILES string of the molecule is CN(C)CCOc1ccccc1C(=N)OC(N)=NC1N=C(c2ccccc2)c2ccccc2NC1=O. The summed E-state index contributed by atoms with van der Waals surface area (Å²) in [5.41, 5.74) is 9.26. The van der Waals surface area contributed by atoms with Gasteiger partial charge in [0.1, 0.15) is 12.4 Å². The van der Waals surface area contributed by atoms with Crippen LogP contribution in [0.5, 0.6) is 5.75 Å².